The first-order valence-corrected chi connectivity index (χ1v) is 16.6. The number of amides is 4. The molecule has 2 fully saturated rings. The molecule has 2 aliphatic rings. The summed E-state index contributed by atoms with van der Waals surface area (Å²) in [6.45, 7) is 11.1. The van der Waals surface area contributed by atoms with E-state index in [2.05, 4.69) is 85.0 Å². The predicted octanol–water partition coefficient (Wildman–Crippen LogP) is 6.02. The van der Waals surface area contributed by atoms with Crippen LogP contribution in [-0.4, -0.2) is 83.6 Å². The zero-order valence-electron chi connectivity index (χ0n) is 28.6. The Bertz CT molecular complexity index is 1430. The molecular weight excluding hydrogens is 590 g/mol. The normalized spacial score (nSPS) is 18.7. The van der Waals surface area contributed by atoms with Crippen molar-refractivity contribution in [2.45, 2.75) is 70.7 Å². The van der Waals surface area contributed by atoms with Crippen LogP contribution in [0.25, 0.3) is 0 Å². The lowest BCUT2D eigenvalue weighted by molar-refractivity contribution is -0.126. The summed E-state index contributed by atoms with van der Waals surface area (Å²) in [5, 5.41) is 5.89. The van der Waals surface area contributed by atoms with Crippen molar-refractivity contribution in [2.75, 3.05) is 39.8 Å². The van der Waals surface area contributed by atoms with Crippen molar-refractivity contribution >= 4 is 18.0 Å². The molecule has 3 aromatic carbocycles. The number of piperazine rings is 2. The van der Waals surface area contributed by atoms with E-state index in [1.807, 2.05) is 61.2 Å². The Kier molecular flexibility index (Phi) is 12.4. The first-order valence-electron chi connectivity index (χ1n) is 16.6. The molecular formula is C38H51N5O4. The van der Waals surface area contributed by atoms with Crippen molar-refractivity contribution in [3.8, 4) is 0 Å². The van der Waals surface area contributed by atoms with Crippen LogP contribution in [-0.2, 0) is 22.6 Å². The summed E-state index contributed by atoms with van der Waals surface area (Å²) in [4.78, 5) is 42.2. The molecule has 4 amide bonds. The topological polar surface area (TPSA) is 94.2 Å². The Balaban J connectivity index is 0.000000229. The molecule has 0 saturated carbocycles. The number of rotatable bonds is 8. The molecule has 0 radical (unpaired) electrons. The molecule has 1 atom stereocenters. The molecule has 9 nitrogen and oxygen atoms in total. The highest BCUT2D eigenvalue weighted by Gasteiger charge is 2.40. The van der Waals surface area contributed by atoms with E-state index in [4.69, 9.17) is 4.74 Å². The van der Waals surface area contributed by atoms with Gasteiger partial charge in [0, 0.05) is 26.2 Å². The fourth-order valence-electron chi connectivity index (χ4n) is 6.08. The van der Waals surface area contributed by atoms with Crippen molar-refractivity contribution < 1.29 is 19.1 Å². The van der Waals surface area contributed by atoms with Crippen molar-refractivity contribution in [3.05, 3.63) is 108 Å². The SMILES string of the molecule is CC1(C)CNC(=O)CN1C(=O)OCc1ccccc1.CN1CC(C)(C)N(C(=O)NCCCCc2ccccc2)CC1c1ccccc1. The van der Waals surface area contributed by atoms with E-state index in [0.717, 1.165) is 37.9 Å². The van der Waals surface area contributed by atoms with Gasteiger partial charge in [0.2, 0.25) is 5.91 Å². The van der Waals surface area contributed by atoms with Crippen LogP contribution in [0.3, 0.4) is 0 Å². The van der Waals surface area contributed by atoms with E-state index in [1.165, 1.54) is 16.0 Å². The molecule has 9 heteroatoms. The predicted molar refractivity (Wildman–Crippen MR) is 186 cm³/mol. The van der Waals surface area contributed by atoms with Crippen LogP contribution in [0.5, 0.6) is 0 Å². The summed E-state index contributed by atoms with van der Waals surface area (Å²) in [5.41, 5.74) is 2.94. The standard InChI is InChI=1S/C24H33N3O.C14H18N2O3/c1-24(2)19-26(3)22(21-15-8-5-9-16-21)18-27(24)23(28)25-17-11-10-14-20-12-6-4-7-13-20;1-14(2)10-15-12(17)8-16(14)13(18)19-9-11-6-4-3-5-7-11/h4-9,12-13,15-16,22H,10-11,14,17-19H2,1-3H3,(H,25,28);3-7H,8-10H2,1-2H3,(H,15,17). The number of benzene rings is 3. The number of urea groups is 1. The van der Waals surface area contributed by atoms with Gasteiger partial charge in [-0.1, -0.05) is 91.0 Å². The molecule has 3 aromatic rings. The van der Waals surface area contributed by atoms with E-state index in [1.54, 1.807) is 0 Å². The van der Waals surface area contributed by atoms with Gasteiger partial charge in [0.05, 0.1) is 17.1 Å². The highest BCUT2D eigenvalue weighted by atomic mass is 16.6. The van der Waals surface area contributed by atoms with E-state index in [-0.39, 0.29) is 36.7 Å². The molecule has 2 N–H and O–H groups in total. The third-order valence-electron chi connectivity index (χ3n) is 8.87. The van der Waals surface area contributed by atoms with Crippen LogP contribution in [0.2, 0.25) is 0 Å². The van der Waals surface area contributed by atoms with Gasteiger partial charge < -0.3 is 20.3 Å². The highest BCUT2D eigenvalue weighted by molar-refractivity contribution is 5.84. The van der Waals surface area contributed by atoms with Gasteiger partial charge in [0.25, 0.3) is 0 Å². The molecule has 2 heterocycles. The summed E-state index contributed by atoms with van der Waals surface area (Å²) in [6, 6.07) is 30.8. The minimum atomic E-state index is -0.455. The molecule has 2 aliphatic heterocycles. The Morgan fingerprint density at radius 3 is 2.06 bits per heavy atom. The first kappa shape index (κ1) is 35.5. The van der Waals surface area contributed by atoms with Gasteiger partial charge in [-0.25, -0.2) is 9.59 Å². The first-order chi connectivity index (χ1) is 22.5. The number of carbonyl (C=O) groups excluding carboxylic acids is 3. The Morgan fingerprint density at radius 2 is 1.43 bits per heavy atom. The second-order valence-electron chi connectivity index (χ2n) is 13.7. The average molecular weight is 642 g/mol. The van der Waals surface area contributed by atoms with Gasteiger partial charge in [-0.3, -0.25) is 14.6 Å². The molecule has 5 rings (SSSR count). The maximum atomic E-state index is 12.9. The van der Waals surface area contributed by atoms with Crippen molar-refractivity contribution in [2.24, 2.45) is 0 Å². The number of hydrogen-bond donors (Lipinski definition) is 2. The Hall–Kier alpha value is -4.37. The van der Waals surface area contributed by atoms with E-state index in [0.29, 0.717) is 13.1 Å². The van der Waals surface area contributed by atoms with Crippen molar-refractivity contribution in [1.82, 2.24) is 25.3 Å². The lowest BCUT2D eigenvalue weighted by Crippen LogP contribution is -2.63. The maximum Gasteiger partial charge on any atom is 0.411 e. The third kappa shape index (κ3) is 10.3. The number of unbranched alkanes of at least 4 members (excludes halogenated alkanes) is 1. The third-order valence-corrected chi connectivity index (χ3v) is 8.87. The second-order valence-corrected chi connectivity index (χ2v) is 13.7. The Morgan fingerprint density at radius 1 is 0.830 bits per heavy atom. The maximum absolute atomic E-state index is 12.9. The number of ether oxygens (including phenoxy) is 1. The van der Waals surface area contributed by atoms with Crippen LogP contribution < -0.4 is 10.6 Å². The smallest absolute Gasteiger partial charge is 0.411 e. The number of aryl methyl sites for hydroxylation is 1. The monoisotopic (exact) mass is 641 g/mol. The zero-order valence-corrected chi connectivity index (χ0v) is 28.6. The molecule has 0 spiro atoms. The number of nitrogens with zero attached hydrogens (tertiary/aromatic N) is 3. The van der Waals surface area contributed by atoms with Crippen LogP contribution >= 0.6 is 0 Å². The molecule has 0 aromatic heterocycles. The molecule has 47 heavy (non-hydrogen) atoms. The summed E-state index contributed by atoms with van der Waals surface area (Å²) >= 11 is 0. The largest absolute Gasteiger partial charge is 0.445 e. The number of nitrogens with one attached hydrogen (secondary N) is 2. The number of hydrogen-bond acceptors (Lipinski definition) is 5. The fourth-order valence-corrected chi connectivity index (χ4v) is 6.08. The second kappa shape index (κ2) is 16.5. The van der Waals surface area contributed by atoms with Gasteiger partial charge in [-0.15, -0.1) is 0 Å². The van der Waals surface area contributed by atoms with Crippen molar-refractivity contribution in [1.29, 1.82) is 0 Å². The van der Waals surface area contributed by atoms with Gasteiger partial charge in [-0.05, 0) is 70.7 Å². The summed E-state index contributed by atoms with van der Waals surface area (Å²) < 4.78 is 5.26. The van der Waals surface area contributed by atoms with Gasteiger partial charge >= 0.3 is 12.1 Å². The number of carbonyl (C=O) groups is 3. The average Bonchev–Trinajstić information content (AvgIpc) is 3.06. The van der Waals surface area contributed by atoms with Crippen LogP contribution in [0.1, 0.15) is 63.3 Å². The molecule has 252 valence electrons. The van der Waals surface area contributed by atoms with Gasteiger partial charge in [-0.2, -0.15) is 0 Å². The van der Waals surface area contributed by atoms with E-state index in [9.17, 15) is 14.4 Å². The molecule has 0 bridgehead atoms. The lowest BCUT2D eigenvalue weighted by Gasteiger charge is -2.50. The van der Waals surface area contributed by atoms with Gasteiger partial charge in [0.1, 0.15) is 13.2 Å². The zero-order chi connectivity index (χ0) is 33.9. The number of likely N-dealkylation sites (N-methyl/N-ethyl adjacent to an activating group) is 1. The van der Waals surface area contributed by atoms with Gasteiger partial charge in [0.15, 0.2) is 0 Å². The van der Waals surface area contributed by atoms with Crippen LogP contribution in [0.4, 0.5) is 9.59 Å². The lowest BCUT2D eigenvalue weighted by atomic mass is 9.93. The van der Waals surface area contributed by atoms with E-state index < -0.39 is 11.6 Å². The summed E-state index contributed by atoms with van der Waals surface area (Å²) in [6.07, 6.45) is 2.69. The Labute approximate surface area is 280 Å². The fraction of sp³-hybridized carbons (Fsp3) is 0.447. The molecule has 2 saturated heterocycles. The minimum absolute atomic E-state index is 0.0423. The van der Waals surface area contributed by atoms with Crippen LogP contribution in [0, 0.1) is 0 Å². The summed E-state index contributed by atoms with van der Waals surface area (Å²) in [5.74, 6) is -0.156. The van der Waals surface area contributed by atoms with E-state index >= 15 is 0 Å². The molecule has 0 aliphatic carbocycles. The van der Waals surface area contributed by atoms with Crippen LogP contribution in [0.15, 0.2) is 91.0 Å². The van der Waals surface area contributed by atoms with Crippen molar-refractivity contribution in [3.63, 3.8) is 0 Å². The minimum Gasteiger partial charge on any atom is -0.445 e. The summed E-state index contributed by atoms with van der Waals surface area (Å²) in [7, 11) is 2.15. The molecule has 1 unspecified atom stereocenters. The highest BCUT2D eigenvalue weighted by Crippen LogP contribution is 2.31. The quantitative estimate of drug-likeness (QED) is 0.294.